The summed E-state index contributed by atoms with van der Waals surface area (Å²) in [5, 5.41) is 6.07. The number of carbonyl (C=O) groups excluding carboxylic acids is 2. The van der Waals surface area contributed by atoms with E-state index in [1.54, 1.807) is 42.5 Å². The molecule has 9 heteroatoms. The van der Waals surface area contributed by atoms with E-state index >= 15 is 0 Å². The molecule has 5 aromatic carbocycles. The van der Waals surface area contributed by atoms with E-state index in [9.17, 15) is 14.0 Å². The Balaban J connectivity index is 0.00000500. The van der Waals surface area contributed by atoms with Crippen LogP contribution in [0, 0.1) is 5.82 Å². The Kier molecular flexibility index (Phi) is 12.3. The lowest BCUT2D eigenvalue weighted by Crippen LogP contribution is -2.45. The molecule has 0 saturated heterocycles. The van der Waals surface area contributed by atoms with Crippen LogP contribution in [0.5, 0.6) is 11.5 Å². The molecular weight excluding hydrogens is 636 g/mol. The van der Waals surface area contributed by atoms with Crippen LogP contribution in [0.15, 0.2) is 115 Å². The van der Waals surface area contributed by atoms with Crippen molar-refractivity contribution in [2.75, 3.05) is 0 Å². The van der Waals surface area contributed by atoms with Crippen molar-refractivity contribution in [3.8, 4) is 33.8 Å². The fourth-order valence-corrected chi connectivity index (χ4v) is 5.29. The van der Waals surface area contributed by atoms with Crippen LogP contribution in [0.4, 0.5) is 4.39 Å². The molecule has 5 rings (SSSR count). The van der Waals surface area contributed by atoms with Gasteiger partial charge in [-0.2, -0.15) is 0 Å². The summed E-state index contributed by atoms with van der Waals surface area (Å²) in [6.07, 6.45) is 0.392. The van der Waals surface area contributed by atoms with Crippen LogP contribution in [-0.4, -0.2) is 17.9 Å². The fourth-order valence-electron chi connectivity index (χ4n) is 5.13. The van der Waals surface area contributed by atoms with Crippen LogP contribution < -0.4 is 21.1 Å². The highest BCUT2D eigenvalue weighted by molar-refractivity contribution is 6.30. The second-order valence-corrected chi connectivity index (χ2v) is 11.4. The Morgan fingerprint density at radius 3 is 2.32 bits per heavy atom. The van der Waals surface area contributed by atoms with E-state index in [0.717, 1.165) is 16.7 Å². The number of imide groups is 1. The standard InChI is InChI=1S/C38H35ClFN3O3.ClH/c1-3-35(42-23-28-12-7-8-15-34(28)40)38(45)43-37(44)32-18-16-27(25-10-5-4-6-11-25)21-33(32)31-19-17-29(39)22-36(31)46-30-14-9-13-26(20-30)24(2)41;/h4-22,24,35,42H,3,23,41H2,1-2H3,(H,43,44,45);1H/t24-,35?;/m0./s1. The van der Waals surface area contributed by atoms with E-state index in [2.05, 4.69) is 10.6 Å². The Morgan fingerprint density at radius 2 is 1.60 bits per heavy atom. The first-order valence-electron chi connectivity index (χ1n) is 15.1. The van der Waals surface area contributed by atoms with E-state index < -0.39 is 17.9 Å². The molecule has 2 amide bonds. The summed E-state index contributed by atoms with van der Waals surface area (Å²) in [6, 6.07) is 33.3. The van der Waals surface area contributed by atoms with Gasteiger partial charge in [-0.05, 0) is 78.1 Å². The number of hydrogen-bond acceptors (Lipinski definition) is 5. The average Bonchev–Trinajstić information content (AvgIpc) is 3.06. The van der Waals surface area contributed by atoms with Crippen molar-refractivity contribution in [1.29, 1.82) is 0 Å². The van der Waals surface area contributed by atoms with Gasteiger partial charge in [0.05, 0.1) is 6.04 Å². The molecule has 0 bridgehead atoms. The van der Waals surface area contributed by atoms with Crippen molar-refractivity contribution in [2.24, 2.45) is 5.73 Å². The van der Waals surface area contributed by atoms with Crippen LogP contribution in [0.1, 0.15) is 47.8 Å². The molecule has 242 valence electrons. The van der Waals surface area contributed by atoms with Crippen molar-refractivity contribution in [1.82, 2.24) is 10.6 Å². The highest BCUT2D eigenvalue weighted by Gasteiger charge is 2.23. The van der Waals surface area contributed by atoms with Gasteiger partial charge in [-0.25, -0.2) is 4.39 Å². The number of rotatable bonds is 11. The Bertz CT molecular complexity index is 1850. The molecule has 5 aromatic rings. The van der Waals surface area contributed by atoms with Gasteiger partial charge in [0.15, 0.2) is 0 Å². The van der Waals surface area contributed by atoms with Crippen LogP contribution in [-0.2, 0) is 11.3 Å². The quantitative estimate of drug-likeness (QED) is 0.130. The van der Waals surface area contributed by atoms with Gasteiger partial charge in [-0.1, -0.05) is 85.3 Å². The summed E-state index contributed by atoms with van der Waals surface area (Å²) >= 11 is 6.43. The summed E-state index contributed by atoms with van der Waals surface area (Å²) in [7, 11) is 0. The second kappa shape index (κ2) is 16.3. The smallest absolute Gasteiger partial charge is 0.258 e. The SMILES string of the molecule is CCC(NCc1ccccc1F)C(=O)NC(=O)c1ccc(-c2ccccc2)cc1-c1ccc(Cl)cc1Oc1cccc([C@H](C)N)c1.Cl. The van der Waals surface area contributed by atoms with Crippen molar-refractivity contribution < 1.29 is 18.7 Å². The summed E-state index contributed by atoms with van der Waals surface area (Å²) in [5.74, 6) is -0.467. The lowest BCUT2D eigenvalue weighted by Gasteiger charge is -2.19. The first-order valence-corrected chi connectivity index (χ1v) is 15.5. The predicted octanol–water partition coefficient (Wildman–Crippen LogP) is 8.87. The summed E-state index contributed by atoms with van der Waals surface area (Å²) < 4.78 is 20.5. The van der Waals surface area contributed by atoms with Crippen LogP contribution in [0.3, 0.4) is 0 Å². The molecule has 0 radical (unpaired) electrons. The highest BCUT2D eigenvalue weighted by Crippen LogP contribution is 2.39. The topological polar surface area (TPSA) is 93.5 Å². The first kappa shape index (κ1) is 35.3. The normalized spacial score (nSPS) is 12.0. The first-order chi connectivity index (χ1) is 22.2. The molecule has 0 aliphatic carbocycles. The van der Waals surface area contributed by atoms with Crippen molar-refractivity contribution in [3.05, 3.63) is 143 Å². The second-order valence-electron chi connectivity index (χ2n) is 11.0. The van der Waals surface area contributed by atoms with Crippen molar-refractivity contribution >= 4 is 35.8 Å². The van der Waals surface area contributed by atoms with E-state index in [1.165, 1.54) is 6.07 Å². The minimum absolute atomic E-state index is 0. The van der Waals surface area contributed by atoms with Gasteiger partial charge in [0.1, 0.15) is 17.3 Å². The number of amides is 2. The van der Waals surface area contributed by atoms with Gasteiger partial charge < -0.3 is 15.8 Å². The van der Waals surface area contributed by atoms with Gasteiger partial charge in [-0.3, -0.25) is 14.9 Å². The molecule has 6 nitrogen and oxygen atoms in total. The third kappa shape index (κ3) is 8.84. The van der Waals surface area contributed by atoms with E-state index in [4.69, 9.17) is 22.1 Å². The van der Waals surface area contributed by atoms with E-state index in [0.29, 0.717) is 39.6 Å². The van der Waals surface area contributed by atoms with Crippen LogP contribution >= 0.6 is 24.0 Å². The maximum atomic E-state index is 14.2. The number of nitrogens with two attached hydrogens (primary N) is 1. The average molecular weight is 673 g/mol. The van der Waals surface area contributed by atoms with Crippen molar-refractivity contribution in [2.45, 2.75) is 38.9 Å². The van der Waals surface area contributed by atoms with Gasteiger partial charge >= 0.3 is 0 Å². The third-order valence-electron chi connectivity index (χ3n) is 7.68. The van der Waals surface area contributed by atoms with Gasteiger partial charge in [0, 0.05) is 40.4 Å². The van der Waals surface area contributed by atoms with Crippen molar-refractivity contribution in [3.63, 3.8) is 0 Å². The molecule has 47 heavy (non-hydrogen) atoms. The van der Waals surface area contributed by atoms with Gasteiger partial charge in [0.2, 0.25) is 5.91 Å². The molecule has 0 aromatic heterocycles. The fraction of sp³-hybridized carbons (Fsp3) is 0.158. The maximum absolute atomic E-state index is 14.2. The minimum atomic E-state index is -0.720. The lowest BCUT2D eigenvalue weighted by atomic mass is 9.93. The highest BCUT2D eigenvalue weighted by atomic mass is 35.5. The molecule has 2 atom stereocenters. The molecule has 4 N–H and O–H groups in total. The zero-order chi connectivity index (χ0) is 32.6. The van der Waals surface area contributed by atoms with E-state index in [1.807, 2.05) is 80.6 Å². The number of carbonyl (C=O) groups is 2. The molecule has 0 aliphatic heterocycles. The van der Waals surface area contributed by atoms with Crippen LogP contribution in [0.2, 0.25) is 5.02 Å². The number of hydrogen-bond donors (Lipinski definition) is 3. The third-order valence-corrected chi connectivity index (χ3v) is 7.91. The summed E-state index contributed by atoms with van der Waals surface area (Å²) in [6.45, 7) is 3.85. The molecule has 0 saturated carbocycles. The van der Waals surface area contributed by atoms with Gasteiger partial charge in [-0.15, -0.1) is 12.4 Å². The van der Waals surface area contributed by atoms with Crippen LogP contribution in [0.25, 0.3) is 22.3 Å². The number of ether oxygens (including phenoxy) is 1. The Labute approximate surface area is 285 Å². The number of nitrogens with one attached hydrogen (secondary N) is 2. The maximum Gasteiger partial charge on any atom is 0.258 e. The summed E-state index contributed by atoms with van der Waals surface area (Å²) in [5.41, 5.74) is 10.7. The molecule has 0 heterocycles. The zero-order valence-electron chi connectivity index (χ0n) is 26.0. The zero-order valence-corrected chi connectivity index (χ0v) is 27.6. The molecule has 1 unspecified atom stereocenters. The monoisotopic (exact) mass is 671 g/mol. The summed E-state index contributed by atoms with van der Waals surface area (Å²) in [4.78, 5) is 27.1. The number of benzene rings is 5. The Morgan fingerprint density at radius 1 is 0.851 bits per heavy atom. The predicted molar refractivity (Wildman–Crippen MR) is 188 cm³/mol. The largest absolute Gasteiger partial charge is 0.457 e. The molecular formula is C38H36Cl2FN3O3. The Hall–Kier alpha value is -4.53. The molecule has 0 aliphatic rings. The lowest BCUT2D eigenvalue weighted by molar-refractivity contribution is -0.122. The van der Waals surface area contributed by atoms with Gasteiger partial charge in [0.25, 0.3) is 5.91 Å². The minimum Gasteiger partial charge on any atom is -0.457 e. The number of halogens is 3. The van der Waals surface area contributed by atoms with E-state index in [-0.39, 0.29) is 36.4 Å². The molecule has 0 spiro atoms. The molecule has 0 fully saturated rings.